The number of carbonyl (C=O) groups is 1. The molecule has 6 nitrogen and oxygen atoms in total. The van der Waals surface area contributed by atoms with Gasteiger partial charge in [-0.25, -0.2) is 4.98 Å². The van der Waals surface area contributed by atoms with E-state index in [-0.39, 0.29) is 11.8 Å². The number of anilines is 1. The summed E-state index contributed by atoms with van der Waals surface area (Å²) in [5, 5.41) is 6.14. The monoisotopic (exact) mass is 394 g/mol. The van der Waals surface area contributed by atoms with Crippen LogP contribution in [-0.2, 0) is 11.3 Å². The van der Waals surface area contributed by atoms with Gasteiger partial charge in [0, 0.05) is 24.3 Å². The summed E-state index contributed by atoms with van der Waals surface area (Å²) >= 11 is 1.66. The minimum Gasteiger partial charge on any atom is -0.454 e. The third kappa shape index (κ3) is 4.74. The van der Waals surface area contributed by atoms with Crippen molar-refractivity contribution in [1.82, 2.24) is 14.9 Å². The highest BCUT2D eigenvalue weighted by molar-refractivity contribution is 7.09. The topological polar surface area (TPSA) is 67.3 Å². The molecule has 1 aromatic carbocycles. The number of amides is 1. The fraction of sp³-hybridized carbons (Fsp3) is 0.286. The number of rotatable bonds is 6. The number of benzene rings is 1. The second kappa shape index (κ2) is 8.95. The first-order valence-corrected chi connectivity index (χ1v) is 10.2. The Morgan fingerprint density at radius 1 is 1.25 bits per heavy atom. The Hall–Kier alpha value is -2.77. The molecule has 1 saturated heterocycles. The lowest BCUT2D eigenvalue weighted by Crippen LogP contribution is -2.40. The number of thiazole rings is 1. The highest BCUT2D eigenvalue weighted by Crippen LogP contribution is 2.30. The molecular weight excluding hydrogens is 372 g/mol. The molecule has 1 atom stereocenters. The van der Waals surface area contributed by atoms with Crippen molar-refractivity contribution in [1.29, 1.82) is 0 Å². The van der Waals surface area contributed by atoms with E-state index in [1.54, 1.807) is 23.7 Å². The molecule has 3 heterocycles. The molecule has 3 aromatic rings. The number of aromatic nitrogens is 2. The average molecular weight is 395 g/mol. The predicted octanol–water partition coefficient (Wildman–Crippen LogP) is 4.18. The molecule has 1 fully saturated rings. The third-order valence-electron chi connectivity index (χ3n) is 4.73. The zero-order valence-corrected chi connectivity index (χ0v) is 16.3. The van der Waals surface area contributed by atoms with Crippen LogP contribution >= 0.6 is 11.3 Å². The van der Waals surface area contributed by atoms with E-state index >= 15 is 0 Å². The van der Waals surface area contributed by atoms with Gasteiger partial charge in [-0.2, -0.15) is 0 Å². The van der Waals surface area contributed by atoms with Crippen LogP contribution in [0.1, 0.15) is 17.8 Å². The number of hydrogen-bond acceptors (Lipinski definition) is 6. The van der Waals surface area contributed by atoms with Gasteiger partial charge in [-0.3, -0.25) is 14.7 Å². The summed E-state index contributed by atoms with van der Waals surface area (Å²) in [6.07, 6.45) is 7.08. The molecule has 1 aliphatic heterocycles. The Kier molecular flexibility index (Phi) is 5.94. The van der Waals surface area contributed by atoms with E-state index in [0.29, 0.717) is 17.2 Å². The summed E-state index contributed by atoms with van der Waals surface area (Å²) in [6, 6.07) is 11.1. The molecule has 0 spiro atoms. The van der Waals surface area contributed by atoms with Gasteiger partial charge in [0.25, 0.3) is 0 Å². The first-order valence-electron chi connectivity index (χ1n) is 9.36. The van der Waals surface area contributed by atoms with Gasteiger partial charge >= 0.3 is 0 Å². The van der Waals surface area contributed by atoms with E-state index in [9.17, 15) is 4.79 Å². The Morgan fingerprint density at radius 2 is 2.18 bits per heavy atom. The van der Waals surface area contributed by atoms with E-state index < -0.39 is 0 Å². The van der Waals surface area contributed by atoms with E-state index in [4.69, 9.17) is 4.74 Å². The van der Waals surface area contributed by atoms with Crippen molar-refractivity contribution in [2.75, 3.05) is 18.4 Å². The lowest BCUT2D eigenvalue weighted by atomic mass is 9.97. The largest absolute Gasteiger partial charge is 0.454 e. The Morgan fingerprint density at radius 3 is 3.00 bits per heavy atom. The number of ether oxygens (including phenoxy) is 1. The van der Waals surface area contributed by atoms with Gasteiger partial charge in [0.1, 0.15) is 10.8 Å². The van der Waals surface area contributed by atoms with E-state index in [2.05, 4.69) is 20.2 Å². The van der Waals surface area contributed by atoms with Crippen LogP contribution < -0.4 is 10.1 Å². The summed E-state index contributed by atoms with van der Waals surface area (Å²) in [6.45, 7) is 2.56. The van der Waals surface area contributed by atoms with Crippen LogP contribution in [0.3, 0.4) is 0 Å². The molecule has 1 N–H and O–H groups in total. The van der Waals surface area contributed by atoms with Crippen molar-refractivity contribution < 1.29 is 9.53 Å². The minimum absolute atomic E-state index is 0.0334. The molecule has 0 aliphatic carbocycles. The standard InChI is InChI=1S/C21H22N4O2S/c26-21(16-5-4-11-25(14-16)15-20-23-10-12-28-20)24-18-7-1-2-8-19(18)27-17-6-3-9-22-13-17/h1-3,6-10,12-13,16H,4-5,11,14-15H2,(H,24,26). The number of hydrogen-bond donors (Lipinski definition) is 1. The first kappa shape index (κ1) is 18.6. The van der Waals surface area contributed by atoms with Crippen LogP contribution in [0, 0.1) is 5.92 Å². The molecule has 1 aliphatic rings. The van der Waals surface area contributed by atoms with Crippen molar-refractivity contribution in [2.24, 2.45) is 5.92 Å². The second-order valence-electron chi connectivity index (χ2n) is 6.78. The van der Waals surface area contributed by atoms with Crippen LogP contribution in [0.2, 0.25) is 0 Å². The predicted molar refractivity (Wildman–Crippen MR) is 109 cm³/mol. The third-order valence-corrected chi connectivity index (χ3v) is 5.49. The molecule has 0 bridgehead atoms. The van der Waals surface area contributed by atoms with Crippen LogP contribution in [0.5, 0.6) is 11.5 Å². The van der Waals surface area contributed by atoms with Gasteiger partial charge in [-0.05, 0) is 43.7 Å². The summed E-state index contributed by atoms with van der Waals surface area (Å²) in [5.41, 5.74) is 0.674. The van der Waals surface area contributed by atoms with Gasteiger partial charge in [-0.15, -0.1) is 11.3 Å². The maximum atomic E-state index is 12.9. The van der Waals surface area contributed by atoms with Gasteiger partial charge in [-0.1, -0.05) is 12.1 Å². The van der Waals surface area contributed by atoms with Crippen molar-refractivity contribution >= 4 is 22.9 Å². The highest BCUT2D eigenvalue weighted by atomic mass is 32.1. The zero-order chi connectivity index (χ0) is 19.2. The number of para-hydroxylation sites is 2. The van der Waals surface area contributed by atoms with Crippen LogP contribution in [0.25, 0.3) is 0 Å². The summed E-state index contributed by atoms with van der Waals surface area (Å²) in [5.74, 6) is 1.24. The fourth-order valence-corrected chi connectivity index (χ4v) is 4.02. The SMILES string of the molecule is O=C(Nc1ccccc1Oc1cccnc1)C1CCCN(Cc2nccs2)C1. The first-order chi connectivity index (χ1) is 13.8. The van der Waals surface area contributed by atoms with Crippen LogP contribution in [0.15, 0.2) is 60.4 Å². The van der Waals surface area contributed by atoms with Gasteiger partial charge in [0.05, 0.1) is 24.3 Å². The molecule has 0 saturated carbocycles. The molecule has 28 heavy (non-hydrogen) atoms. The number of likely N-dealkylation sites (tertiary alicyclic amines) is 1. The van der Waals surface area contributed by atoms with E-state index in [0.717, 1.165) is 37.5 Å². The smallest absolute Gasteiger partial charge is 0.228 e. The molecule has 2 aromatic heterocycles. The molecule has 0 radical (unpaired) electrons. The van der Waals surface area contributed by atoms with E-state index in [1.165, 1.54) is 0 Å². The lowest BCUT2D eigenvalue weighted by Gasteiger charge is -2.31. The molecule has 7 heteroatoms. The second-order valence-corrected chi connectivity index (χ2v) is 7.76. The maximum Gasteiger partial charge on any atom is 0.228 e. The number of piperidine rings is 1. The average Bonchev–Trinajstić information content (AvgIpc) is 3.23. The minimum atomic E-state index is -0.0415. The van der Waals surface area contributed by atoms with Crippen molar-refractivity contribution in [3.8, 4) is 11.5 Å². The Labute approximate surface area is 168 Å². The lowest BCUT2D eigenvalue weighted by molar-refractivity contribution is -0.121. The maximum absolute atomic E-state index is 12.9. The molecule has 4 rings (SSSR count). The number of nitrogens with one attached hydrogen (secondary N) is 1. The molecule has 1 amide bonds. The quantitative estimate of drug-likeness (QED) is 0.679. The van der Waals surface area contributed by atoms with Gasteiger partial charge in [0.2, 0.25) is 5.91 Å². The summed E-state index contributed by atoms with van der Waals surface area (Å²) in [4.78, 5) is 23.6. The number of pyridine rings is 1. The molecule has 144 valence electrons. The summed E-state index contributed by atoms with van der Waals surface area (Å²) in [7, 11) is 0. The zero-order valence-electron chi connectivity index (χ0n) is 15.5. The van der Waals surface area contributed by atoms with Crippen LogP contribution in [-0.4, -0.2) is 33.9 Å². The fourth-order valence-electron chi connectivity index (χ4n) is 3.36. The Balaban J connectivity index is 1.40. The number of nitrogens with zero attached hydrogens (tertiary/aromatic N) is 3. The number of carbonyl (C=O) groups excluding carboxylic acids is 1. The Bertz CT molecular complexity index is 902. The van der Waals surface area contributed by atoms with Gasteiger partial charge < -0.3 is 10.1 Å². The van der Waals surface area contributed by atoms with E-state index in [1.807, 2.05) is 48.0 Å². The van der Waals surface area contributed by atoms with Crippen LogP contribution in [0.4, 0.5) is 5.69 Å². The van der Waals surface area contributed by atoms with Gasteiger partial charge in [0.15, 0.2) is 5.75 Å². The van der Waals surface area contributed by atoms with Crippen molar-refractivity contribution in [3.05, 3.63) is 65.4 Å². The van der Waals surface area contributed by atoms with Crippen molar-refractivity contribution in [2.45, 2.75) is 19.4 Å². The molecular formula is C21H22N4O2S. The normalized spacial score (nSPS) is 17.2. The highest BCUT2D eigenvalue weighted by Gasteiger charge is 2.26. The van der Waals surface area contributed by atoms with Crippen molar-refractivity contribution in [3.63, 3.8) is 0 Å². The summed E-state index contributed by atoms with van der Waals surface area (Å²) < 4.78 is 5.89. The molecule has 1 unspecified atom stereocenters.